The fourth-order valence-electron chi connectivity index (χ4n) is 4.06. The number of hydrogen-bond donors (Lipinski definition) is 0. The van der Waals surface area contributed by atoms with Crippen LogP contribution >= 0.6 is 0 Å². The second-order valence-electron chi connectivity index (χ2n) is 5.94. The molecule has 1 aliphatic carbocycles. The molecule has 2 saturated heterocycles. The van der Waals surface area contributed by atoms with Crippen molar-refractivity contribution in [2.75, 3.05) is 7.11 Å². The predicted octanol–water partition coefficient (Wildman–Crippen LogP) is 2.35. The van der Waals surface area contributed by atoms with Gasteiger partial charge in [-0.3, -0.25) is 4.79 Å². The van der Waals surface area contributed by atoms with Gasteiger partial charge in [0.15, 0.2) is 0 Å². The smallest absolute Gasteiger partial charge is 0.226 e. The average molecular weight is 237 g/mol. The van der Waals surface area contributed by atoms with Gasteiger partial charge in [-0.05, 0) is 38.5 Å². The van der Waals surface area contributed by atoms with Crippen molar-refractivity contribution in [2.45, 2.75) is 69.6 Å². The second-order valence-corrected chi connectivity index (χ2v) is 5.94. The van der Waals surface area contributed by atoms with Gasteiger partial charge in [-0.25, -0.2) is 0 Å². The molecule has 1 saturated carbocycles. The van der Waals surface area contributed by atoms with Crippen molar-refractivity contribution < 1.29 is 9.53 Å². The van der Waals surface area contributed by atoms with Crippen molar-refractivity contribution in [3.05, 3.63) is 0 Å². The summed E-state index contributed by atoms with van der Waals surface area (Å²) in [7, 11) is 1.80. The zero-order valence-corrected chi connectivity index (χ0v) is 10.7. The third-order valence-corrected chi connectivity index (χ3v) is 4.98. The summed E-state index contributed by atoms with van der Waals surface area (Å²) in [6, 6.07) is 0.957. The van der Waals surface area contributed by atoms with Crippen molar-refractivity contribution in [1.82, 2.24) is 4.90 Å². The first kappa shape index (κ1) is 11.5. The molecule has 96 valence electrons. The summed E-state index contributed by atoms with van der Waals surface area (Å²) in [5.74, 6) is 0.807. The highest BCUT2D eigenvalue weighted by Crippen LogP contribution is 2.39. The van der Waals surface area contributed by atoms with Gasteiger partial charge >= 0.3 is 0 Å². The average Bonchev–Trinajstić information content (AvgIpc) is 2.95. The number of amides is 1. The quantitative estimate of drug-likeness (QED) is 0.738. The Bertz CT molecular complexity index is 285. The van der Waals surface area contributed by atoms with Gasteiger partial charge in [0.25, 0.3) is 0 Å². The molecule has 0 N–H and O–H groups in total. The van der Waals surface area contributed by atoms with E-state index < -0.39 is 0 Å². The van der Waals surface area contributed by atoms with Crippen molar-refractivity contribution in [1.29, 1.82) is 0 Å². The standard InChI is InChI=1S/C14H23NO2/c1-17-13-8-11-6-7-12(9-13)15(11)14(16)10-4-2-3-5-10/h10-13H,2-9H2,1H3. The summed E-state index contributed by atoms with van der Waals surface area (Å²) in [5, 5.41) is 0. The van der Waals surface area contributed by atoms with E-state index in [0.717, 1.165) is 25.7 Å². The van der Waals surface area contributed by atoms with Crippen LogP contribution in [0.4, 0.5) is 0 Å². The lowest BCUT2D eigenvalue weighted by Gasteiger charge is -2.39. The molecule has 2 aliphatic heterocycles. The van der Waals surface area contributed by atoms with E-state index in [0.29, 0.717) is 30.0 Å². The first-order valence-electron chi connectivity index (χ1n) is 7.14. The van der Waals surface area contributed by atoms with Crippen LogP contribution < -0.4 is 0 Å². The predicted molar refractivity (Wildman–Crippen MR) is 65.6 cm³/mol. The van der Waals surface area contributed by atoms with Crippen molar-refractivity contribution >= 4 is 5.91 Å². The third kappa shape index (κ3) is 1.99. The third-order valence-electron chi connectivity index (χ3n) is 4.98. The first-order valence-corrected chi connectivity index (χ1v) is 7.14. The highest BCUT2D eigenvalue weighted by atomic mass is 16.5. The highest BCUT2D eigenvalue weighted by molar-refractivity contribution is 5.80. The molecule has 17 heavy (non-hydrogen) atoms. The SMILES string of the molecule is COC1CC2CCC(C1)N2C(=O)C1CCCC1. The van der Waals surface area contributed by atoms with Crippen LogP contribution in [0.5, 0.6) is 0 Å². The number of carbonyl (C=O) groups excluding carboxylic acids is 1. The Morgan fingerprint density at radius 3 is 2.18 bits per heavy atom. The monoisotopic (exact) mass is 237 g/mol. The Morgan fingerprint density at radius 2 is 1.65 bits per heavy atom. The van der Waals surface area contributed by atoms with Gasteiger partial charge in [0, 0.05) is 25.1 Å². The Kier molecular flexibility index (Phi) is 3.12. The molecule has 2 heterocycles. The summed E-state index contributed by atoms with van der Waals surface area (Å²) < 4.78 is 5.49. The van der Waals surface area contributed by atoms with E-state index in [4.69, 9.17) is 4.74 Å². The van der Waals surface area contributed by atoms with Crippen molar-refractivity contribution in [3.8, 4) is 0 Å². The van der Waals surface area contributed by atoms with Crippen LogP contribution in [-0.2, 0) is 9.53 Å². The fourth-order valence-corrected chi connectivity index (χ4v) is 4.06. The van der Waals surface area contributed by atoms with E-state index in [1.807, 2.05) is 0 Å². The topological polar surface area (TPSA) is 29.5 Å². The number of nitrogens with zero attached hydrogens (tertiary/aromatic N) is 1. The molecule has 0 spiro atoms. The van der Waals surface area contributed by atoms with Crippen molar-refractivity contribution in [2.24, 2.45) is 5.92 Å². The minimum atomic E-state index is 0.345. The number of fused-ring (bicyclic) bond motifs is 2. The minimum absolute atomic E-state index is 0.345. The number of rotatable bonds is 2. The molecule has 3 fully saturated rings. The maximum Gasteiger partial charge on any atom is 0.226 e. The lowest BCUT2D eigenvalue weighted by molar-refractivity contribution is -0.142. The van der Waals surface area contributed by atoms with Crippen LogP contribution in [0.3, 0.4) is 0 Å². The first-order chi connectivity index (χ1) is 8.29. The van der Waals surface area contributed by atoms with Crippen LogP contribution in [0.2, 0.25) is 0 Å². The van der Waals surface area contributed by atoms with Gasteiger partial charge in [-0.1, -0.05) is 12.8 Å². The maximum atomic E-state index is 12.5. The largest absolute Gasteiger partial charge is 0.381 e. The normalized spacial score (nSPS) is 37.7. The maximum absolute atomic E-state index is 12.5. The molecule has 2 atom stereocenters. The molecule has 0 aromatic rings. The van der Waals surface area contributed by atoms with Crippen LogP contribution in [0, 0.1) is 5.92 Å². The molecule has 3 aliphatic rings. The molecular weight excluding hydrogens is 214 g/mol. The molecule has 3 rings (SSSR count). The van der Waals surface area contributed by atoms with Gasteiger partial charge in [-0.2, -0.15) is 0 Å². The van der Waals surface area contributed by atoms with Gasteiger partial charge in [-0.15, -0.1) is 0 Å². The molecule has 2 unspecified atom stereocenters. The van der Waals surface area contributed by atoms with Crippen LogP contribution in [-0.4, -0.2) is 36.1 Å². The Balaban J connectivity index is 1.70. The molecule has 1 amide bonds. The fraction of sp³-hybridized carbons (Fsp3) is 0.929. The van der Waals surface area contributed by atoms with E-state index in [1.165, 1.54) is 25.7 Å². The molecule has 3 heteroatoms. The number of ether oxygens (including phenoxy) is 1. The number of piperidine rings is 1. The highest BCUT2D eigenvalue weighted by Gasteiger charge is 2.45. The van der Waals surface area contributed by atoms with E-state index in [9.17, 15) is 4.79 Å². The van der Waals surface area contributed by atoms with E-state index in [-0.39, 0.29) is 0 Å². The molecule has 0 aromatic carbocycles. The molecular formula is C14H23NO2. The zero-order chi connectivity index (χ0) is 11.8. The molecule has 3 nitrogen and oxygen atoms in total. The number of methoxy groups -OCH3 is 1. The molecule has 2 bridgehead atoms. The summed E-state index contributed by atoms with van der Waals surface area (Å²) in [6.45, 7) is 0. The van der Waals surface area contributed by atoms with Gasteiger partial charge < -0.3 is 9.64 Å². The summed E-state index contributed by atoms with van der Waals surface area (Å²) in [6.07, 6.45) is 9.66. The van der Waals surface area contributed by atoms with E-state index in [2.05, 4.69) is 4.90 Å². The van der Waals surface area contributed by atoms with Crippen LogP contribution in [0.25, 0.3) is 0 Å². The van der Waals surface area contributed by atoms with Gasteiger partial charge in [0.1, 0.15) is 0 Å². The van der Waals surface area contributed by atoms with Crippen molar-refractivity contribution in [3.63, 3.8) is 0 Å². The van der Waals surface area contributed by atoms with E-state index in [1.54, 1.807) is 7.11 Å². The van der Waals surface area contributed by atoms with Gasteiger partial charge in [0.2, 0.25) is 5.91 Å². The Hall–Kier alpha value is -0.570. The second kappa shape index (κ2) is 4.60. The summed E-state index contributed by atoms with van der Waals surface area (Å²) in [5.41, 5.74) is 0. The summed E-state index contributed by atoms with van der Waals surface area (Å²) in [4.78, 5) is 14.8. The van der Waals surface area contributed by atoms with E-state index >= 15 is 0 Å². The zero-order valence-electron chi connectivity index (χ0n) is 10.7. The lowest BCUT2D eigenvalue weighted by Crippen LogP contribution is -2.50. The molecule has 0 aromatic heterocycles. The number of hydrogen-bond acceptors (Lipinski definition) is 2. The Morgan fingerprint density at radius 1 is 1.06 bits per heavy atom. The summed E-state index contributed by atoms with van der Waals surface area (Å²) >= 11 is 0. The molecule has 0 radical (unpaired) electrons. The lowest BCUT2D eigenvalue weighted by atomic mass is 9.96. The minimum Gasteiger partial charge on any atom is -0.381 e. The van der Waals surface area contributed by atoms with Crippen LogP contribution in [0.1, 0.15) is 51.4 Å². The van der Waals surface area contributed by atoms with Crippen LogP contribution in [0.15, 0.2) is 0 Å². The number of carbonyl (C=O) groups is 1. The van der Waals surface area contributed by atoms with Gasteiger partial charge in [0.05, 0.1) is 6.10 Å². The Labute approximate surface area is 104 Å².